The van der Waals surface area contributed by atoms with Crippen LogP contribution in [-0.2, 0) is 4.79 Å². The van der Waals surface area contributed by atoms with Crippen LogP contribution >= 0.6 is 0 Å². The van der Waals surface area contributed by atoms with Crippen molar-refractivity contribution in [3.05, 3.63) is 35.6 Å². The number of hydrogen-bond acceptors (Lipinski definition) is 3. The molecule has 0 saturated heterocycles. The van der Waals surface area contributed by atoms with Crippen LogP contribution in [0.3, 0.4) is 0 Å². The van der Waals surface area contributed by atoms with E-state index in [9.17, 15) is 14.3 Å². The Kier molecular flexibility index (Phi) is 5.87. The van der Waals surface area contributed by atoms with Crippen molar-refractivity contribution in [3.8, 4) is 0 Å². The van der Waals surface area contributed by atoms with E-state index in [1.165, 1.54) is 12.1 Å². The molecule has 1 amide bonds. The molecule has 5 heteroatoms. The molecule has 1 aromatic carbocycles. The Morgan fingerprint density at radius 2 is 1.81 bits per heavy atom. The van der Waals surface area contributed by atoms with E-state index in [1.807, 2.05) is 6.92 Å². The van der Waals surface area contributed by atoms with Crippen LogP contribution in [0, 0.1) is 5.82 Å². The quantitative estimate of drug-likeness (QED) is 0.874. The second-order valence-corrected chi connectivity index (χ2v) is 6.22. The van der Waals surface area contributed by atoms with Gasteiger partial charge in [-0.2, -0.15) is 0 Å². The van der Waals surface area contributed by atoms with E-state index in [2.05, 4.69) is 0 Å². The Morgan fingerprint density at radius 1 is 1.29 bits per heavy atom. The first-order valence-corrected chi connectivity index (χ1v) is 7.02. The second-order valence-electron chi connectivity index (χ2n) is 6.22. The summed E-state index contributed by atoms with van der Waals surface area (Å²) in [7, 11) is 3.53. The fraction of sp³-hybridized carbons (Fsp3) is 0.562. The minimum Gasteiger partial charge on any atom is -0.389 e. The van der Waals surface area contributed by atoms with E-state index in [1.54, 1.807) is 49.9 Å². The van der Waals surface area contributed by atoms with E-state index >= 15 is 0 Å². The summed E-state index contributed by atoms with van der Waals surface area (Å²) in [5.41, 5.74) is 0.0493. The van der Waals surface area contributed by atoms with Crippen LogP contribution < -0.4 is 0 Å². The molecule has 21 heavy (non-hydrogen) atoms. The van der Waals surface area contributed by atoms with E-state index in [4.69, 9.17) is 0 Å². The lowest BCUT2D eigenvalue weighted by atomic mass is 10.1. The maximum absolute atomic E-state index is 12.9. The van der Waals surface area contributed by atoms with Gasteiger partial charge in [0.05, 0.1) is 18.2 Å². The van der Waals surface area contributed by atoms with Crippen LogP contribution in [0.4, 0.5) is 4.39 Å². The van der Waals surface area contributed by atoms with Gasteiger partial charge in [0, 0.05) is 13.6 Å². The highest BCUT2D eigenvalue weighted by molar-refractivity contribution is 5.78. The molecule has 0 fully saturated rings. The average Bonchev–Trinajstić information content (AvgIpc) is 2.35. The van der Waals surface area contributed by atoms with Gasteiger partial charge in [-0.3, -0.25) is 9.69 Å². The second kappa shape index (κ2) is 7.00. The molecule has 1 N–H and O–H groups in total. The number of carbonyl (C=O) groups is 1. The summed E-state index contributed by atoms with van der Waals surface area (Å²) < 4.78 is 12.9. The topological polar surface area (TPSA) is 43.8 Å². The molecule has 0 aromatic heterocycles. The predicted molar refractivity (Wildman–Crippen MR) is 81.4 cm³/mol. The summed E-state index contributed by atoms with van der Waals surface area (Å²) in [6.07, 6.45) is 0. The molecule has 0 aliphatic rings. The van der Waals surface area contributed by atoms with Crippen LogP contribution in [0.15, 0.2) is 24.3 Å². The third-order valence-electron chi connectivity index (χ3n) is 3.39. The molecule has 0 heterocycles. The normalized spacial score (nSPS) is 13.3. The molecule has 0 radical (unpaired) electrons. The van der Waals surface area contributed by atoms with Crippen molar-refractivity contribution in [3.63, 3.8) is 0 Å². The first-order valence-electron chi connectivity index (χ1n) is 7.02. The van der Waals surface area contributed by atoms with Gasteiger partial charge >= 0.3 is 0 Å². The summed E-state index contributed by atoms with van der Waals surface area (Å²) in [6, 6.07) is 6.03. The predicted octanol–water partition coefficient (Wildman–Crippen LogP) is 2.05. The molecule has 1 rings (SSSR count). The lowest BCUT2D eigenvalue weighted by Crippen LogP contribution is -2.43. The van der Waals surface area contributed by atoms with Gasteiger partial charge in [-0.15, -0.1) is 0 Å². The van der Waals surface area contributed by atoms with E-state index in [0.29, 0.717) is 6.54 Å². The number of halogens is 1. The van der Waals surface area contributed by atoms with Crippen LogP contribution in [0.25, 0.3) is 0 Å². The number of carbonyl (C=O) groups excluding carboxylic acids is 1. The van der Waals surface area contributed by atoms with Gasteiger partial charge in [0.15, 0.2) is 0 Å². The molecule has 1 aromatic rings. The van der Waals surface area contributed by atoms with Crippen molar-refractivity contribution in [1.29, 1.82) is 0 Å². The van der Waals surface area contributed by atoms with Gasteiger partial charge in [0.1, 0.15) is 5.82 Å². The summed E-state index contributed by atoms with van der Waals surface area (Å²) in [5.74, 6) is -0.330. The lowest BCUT2D eigenvalue weighted by Gasteiger charge is -2.29. The molecule has 0 aliphatic heterocycles. The summed E-state index contributed by atoms with van der Waals surface area (Å²) >= 11 is 0. The monoisotopic (exact) mass is 296 g/mol. The highest BCUT2D eigenvalue weighted by atomic mass is 19.1. The van der Waals surface area contributed by atoms with Crippen molar-refractivity contribution in [2.75, 3.05) is 27.2 Å². The Labute approximate surface area is 126 Å². The SMILES string of the molecule is CC(c1ccc(F)cc1)N(C)C(=O)CN(C)CC(C)(C)O. The van der Waals surface area contributed by atoms with Crippen molar-refractivity contribution in [1.82, 2.24) is 9.80 Å². The van der Waals surface area contributed by atoms with Crippen molar-refractivity contribution in [2.24, 2.45) is 0 Å². The Balaban J connectivity index is 2.63. The number of amides is 1. The molecule has 0 spiro atoms. The van der Waals surface area contributed by atoms with Crippen LogP contribution in [0.1, 0.15) is 32.4 Å². The summed E-state index contributed by atoms with van der Waals surface area (Å²) in [6.45, 7) is 5.96. The zero-order valence-electron chi connectivity index (χ0n) is 13.4. The van der Waals surface area contributed by atoms with Gasteiger partial charge < -0.3 is 10.0 Å². The number of rotatable bonds is 6. The standard InChI is InChI=1S/C16H25FN2O2/c1-12(13-6-8-14(17)9-7-13)19(5)15(20)10-18(4)11-16(2,3)21/h6-9,12,21H,10-11H2,1-5H3. The number of likely N-dealkylation sites (N-methyl/N-ethyl adjacent to an activating group) is 2. The zero-order valence-corrected chi connectivity index (χ0v) is 13.4. The molecular weight excluding hydrogens is 271 g/mol. The summed E-state index contributed by atoms with van der Waals surface area (Å²) in [4.78, 5) is 15.7. The van der Waals surface area contributed by atoms with Crippen LogP contribution in [-0.4, -0.2) is 53.6 Å². The van der Waals surface area contributed by atoms with E-state index < -0.39 is 5.60 Å². The number of nitrogens with zero attached hydrogens (tertiary/aromatic N) is 2. The molecule has 1 unspecified atom stereocenters. The van der Waals surface area contributed by atoms with Gasteiger partial charge in [-0.05, 0) is 45.5 Å². The first-order chi connectivity index (χ1) is 9.60. The van der Waals surface area contributed by atoms with E-state index in [-0.39, 0.29) is 24.3 Å². The zero-order chi connectivity index (χ0) is 16.2. The van der Waals surface area contributed by atoms with Crippen LogP contribution in [0.5, 0.6) is 0 Å². The van der Waals surface area contributed by atoms with Gasteiger partial charge in [-0.1, -0.05) is 12.1 Å². The average molecular weight is 296 g/mol. The van der Waals surface area contributed by atoms with Gasteiger partial charge in [0.25, 0.3) is 0 Å². The molecule has 118 valence electrons. The molecule has 0 saturated carbocycles. The Bertz CT molecular complexity index is 468. The van der Waals surface area contributed by atoms with Gasteiger partial charge in [0.2, 0.25) is 5.91 Å². The third-order valence-corrected chi connectivity index (χ3v) is 3.39. The largest absolute Gasteiger partial charge is 0.389 e. The molecular formula is C16H25FN2O2. The van der Waals surface area contributed by atoms with Crippen LogP contribution in [0.2, 0.25) is 0 Å². The Morgan fingerprint density at radius 3 is 2.29 bits per heavy atom. The minimum absolute atomic E-state index is 0.0430. The summed E-state index contributed by atoms with van der Waals surface area (Å²) in [5, 5.41) is 9.75. The molecule has 1 atom stereocenters. The maximum atomic E-state index is 12.9. The van der Waals surface area contributed by atoms with Crippen molar-refractivity contribution in [2.45, 2.75) is 32.4 Å². The molecule has 0 aliphatic carbocycles. The van der Waals surface area contributed by atoms with Crippen molar-refractivity contribution < 1.29 is 14.3 Å². The highest BCUT2D eigenvalue weighted by Crippen LogP contribution is 2.19. The number of benzene rings is 1. The Hall–Kier alpha value is -1.46. The third kappa shape index (κ3) is 5.81. The number of aliphatic hydroxyl groups is 1. The highest BCUT2D eigenvalue weighted by Gasteiger charge is 2.21. The smallest absolute Gasteiger partial charge is 0.236 e. The molecule has 0 bridgehead atoms. The first kappa shape index (κ1) is 17.6. The van der Waals surface area contributed by atoms with Gasteiger partial charge in [-0.25, -0.2) is 4.39 Å². The number of hydrogen-bond donors (Lipinski definition) is 1. The minimum atomic E-state index is -0.837. The van der Waals surface area contributed by atoms with E-state index in [0.717, 1.165) is 5.56 Å². The lowest BCUT2D eigenvalue weighted by molar-refractivity contribution is -0.133. The van der Waals surface area contributed by atoms with Crippen molar-refractivity contribution >= 4 is 5.91 Å². The fourth-order valence-corrected chi connectivity index (χ4v) is 2.24. The molecule has 4 nitrogen and oxygen atoms in total. The maximum Gasteiger partial charge on any atom is 0.236 e. The fourth-order valence-electron chi connectivity index (χ4n) is 2.24.